The summed E-state index contributed by atoms with van der Waals surface area (Å²) in [6.07, 6.45) is -1.02. The largest absolute Gasteiger partial charge is 0.536 e. The van der Waals surface area contributed by atoms with Gasteiger partial charge in [0.1, 0.15) is 5.75 Å². The summed E-state index contributed by atoms with van der Waals surface area (Å²) in [4.78, 5) is 13.3. The average Bonchev–Trinajstić information content (AvgIpc) is 2.43. The van der Waals surface area contributed by atoms with E-state index in [-0.39, 0.29) is 5.75 Å². The van der Waals surface area contributed by atoms with Crippen LogP contribution in [-0.4, -0.2) is 36.2 Å². The van der Waals surface area contributed by atoms with E-state index in [0.29, 0.717) is 5.19 Å². The molecule has 0 atom stereocenters. The predicted octanol–water partition coefficient (Wildman–Crippen LogP) is 1.58. The third-order valence-electron chi connectivity index (χ3n) is 2.35. The molecule has 0 fully saturated rings. The fourth-order valence-corrected chi connectivity index (χ4v) is 3.27. The maximum absolute atomic E-state index is 11.0. The molecule has 0 saturated carbocycles. The summed E-state index contributed by atoms with van der Waals surface area (Å²) in [5.74, 6) is 0.243. The van der Waals surface area contributed by atoms with Gasteiger partial charge in [0.25, 0.3) is 0 Å². The van der Waals surface area contributed by atoms with Crippen molar-refractivity contribution in [2.45, 2.75) is 0 Å². The predicted molar refractivity (Wildman–Crippen MR) is 68.0 cm³/mol. The molecule has 0 spiro atoms. The van der Waals surface area contributed by atoms with Crippen LogP contribution in [0, 0.1) is 0 Å². The Morgan fingerprint density at radius 2 is 1.68 bits per heavy atom. The fraction of sp³-hybridized carbons (Fsp3) is 0.300. The van der Waals surface area contributed by atoms with Gasteiger partial charge < -0.3 is 18.0 Å². The highest BCUT2D eigenvalue weighted by atomic mass is 28.4. The Labute approximate surface area is 110 Å². The van der Waals surface area contributed by atoms with Crippen LogP contribution in [0.15, 0.2) is 29.4 Å². The van der Waals surface area contributed by atoms with Gasteiger partial charge in [-0.25, -0.2) is 4.79 Å². The summed E-state index contributed by atoms with van der Waals surface area (Å²) in [5.41, 5.74) is 8.07. The molecule has 0 heterocycles. The van der Waals surface area contributed by atoms with Gasteiger partial charge in [-0.1, -0.05) is 12.1 Å². The number of benzene rings is 1. The van der Waals surface area contributed by atoms with Gasteiger partial charge in [-0.2, -0.15) is 0 Å². The van der Waals surface area contributed by atoms with Crippen LogP contribution in [0.2, 0.25) is 0 Å². The zero-order valence-electron chi connectivity index (χ0n) is 10.7. The fourth-order valence-electron chi connectivity index (χ4n) is 1.49. The number of carbonyl (C=O) groups is 1. The summed E-state index contributed by atoms with van der Waals surface area (Å²) in [5, 5.41) is 3.51. The maximum atomic E-state index is 11.0. The summed E-state index contributed by atoms with van der Waals surface area (Å²) in [7, 11) is 1.59. The molecule has 0 aliphatic carbocycles. The Morgan fingerprint density at radius 1 is 1.16 bits per heavy atom. The summed E-state index contributed by atoms with van der Waals surface area (Å²) < 4.78 is 20.7. The lowest BCUT2D eigenvalue weighted by Crippen LogP contribution is -2.54. The van der Waals surface area contributed by atoms with E-state index in [9.17, 15) is 4.79 Å². The van der Waals surface area contributed by atoms with E-state index >= 15 is 0 Å². The smallest absolute Gasteiger partial charge is 0.422 e. The zero-order chi connectivity index (χ0) is 14.3. The molecule has 102 valence electrons. The van der Waals surface area contributed by atoms with Gasteiger partial charge in [0.15, 0.2) is 0 Å². The maximum Gasteiger partial charge on any atom is 0.536 e. The lowest BCUT2D eigenvalue weighted by atomic mass is 10.3. The molecule has 0 aromatic heterocycles. The molecule has 1 amide bonds. The Kier molecular flexibility index (Phi) is 5.49. The van der Waals surface area contributed by atoms with Gasteiger partial charge in [-0.05, 0) is 17.7 Å². The number of rotatable bonds is 5. The average molecular weight is 283 g/mol. The minimum absolute atomic E-state index is 0.243. The molecule has 0 radical (unpaired) electrons. The number of azide groups is 1. The highest BCUT2D eigenvalue weighted by Crippen LogP contribution is 2.13. The van der Waals surface area contributed by atoms with Gasteiger partial charge >= 0.3 is 14.9 Å². The molecule has 0 unspecified atom stereocenters. The quantitative estimate of drug-likeness (QED) is 0.353. The van der Waals surface area contributed by atoms with Crippen molar-refractivity contribution in [1.29, 1.82) is 0 Å². The monoisotopic (exact) mass is 283 g/mol. The molecule has 19 heavy (non-hydrogen) atoms. The van der Waals surface area contributed by atoms with Gasteiger partial charge in [0.2, 0.25) is 0 Å². The minimum Gasteiger partial charge on any atom is -0.422 e. The Hall–Kier alpha value is -1.90. The van der Waals surface area contributed by atoms with Crippen LogP contribution in [0.3, 0.4) is 0 Å². The van der Waals surface area contributed by atoms with Gasteiger partial charge in [0, 0.05) is 36.5 Å². The highest BCUT2D eigenvalue weighted by molar-refractivity contribution is 6.75. The van der Waals surface area contributed by atoms with E-state index in [1.807, 2.05) is 0 Å². The topological polar surface area (TPSA) is 103 Å². The second kappa shape index (κ2) is 6.88. The van der Waals surface area contributed by atoms with Crippen LogP contribution >= 0.6 is 0 Å². The zero-order valence-corrected chi connectivity index (χ0v) is 11.7. The SMILES string of the molecule is CO[Si](OC)(OC)c1ccc(OC(=O)N=[N+]=[N-])cc1. The van der Waals surface area contributed by atoms with Crippen molar-refractivity contribution < 1.29 is 22.8 Å². The number of ether oxygens (including phenoxy) is 1. The van der Waals surface area contributed by atoms with Gasteiger partial charge in [-0.15, -0.1) is 0 Å². The molecule has 8 nitrogen and oxygen atoms in total. The van der Waals surface area contributed by atoms with Crippen LogP contribution in [0.25, 0.3) is 10.4 Å². The summed E-state index contributed by atoms with van der Waals surface area (Å²) in [6, 6.07) is 6.36. The molecule has 1 rings (SSSR count). The minimum atomic E-state index is -2.89. The third kappa shape index (κ3) is 3.53. The van der Waals surface area contributed by atoms with Crippen molar-refractivity contribution in [3.63, 3.8) is 0 Å². The van der Waals surface area contributed by atoms with Crippen molar-refractivity contribution >= 4 is 20.1 Å². The Balaban J connectivity index is 2.92. The first kappa shape index (κ1) is 15.2. The van der Waals surface area contributed by atoms with E-state index in [1.165, 1.54) is 33.5 Å². The second-order valence-corrected chi connectivity index (χ2v) is 6.16. The van der Waals surface area contributed by atoms with Crippen molar-refractivity contribution in [3.05, 3.63) is 34.7 Å². The van der Waals surface area contributed by atoms with Crippen molar-refractivity contribution in [1.82, 2.24) is 0 Å². The van der Waals surface area contributed by atoms with Crippen LogP contribution in [0.5, 0.6) is 5.75 Å². The summed E-state index contributed by atoms with van der Waals surface area (Å²) >= 11 is 0. The molecular weight excluding hydrogens is 270 g/mol. The van der Waals surface area contributed by atoms with Crippen molar-refractivity contribution in [3.8, 4) is 5.75 Å². The molecule has 0 saturated heterocycles. The van der Waals surface area contributed by atoms with E-state index in [0.717, 1.165) is 0 Å². The molecular formula is C10H13N3O5Si. The van der Waals surface area contributed by atoms with Crippen LogP contribution in [0.4, 0.5) is 4.79 Å². The number of amides is 1. The molecule has 1 aromatic carbocycles. The lowest BCUT2D eigenvalue weighted by molar-refractivity contribution is 0.140. The Bertz CT molecular complexity index is 474. The first-order valence-corrected chi connectivity index (χ1v) is 6.87. The first-order valence-electron chi connectivity index (χ1n) is 5.14. The van der Waals surface area contributed by atoms with E-state index < -0.39 is 14.9 Å². The number of nitrogens with zero attached hydrogens (tertiary/aromatic N) is 3. The second-order valence-electron chi connectivity index (χ2n) is 3.25. The molecule has 9 heteroatoms. The van der Waals surface area contributed by atoms with Crippen molar-refractivity contribution in [2.75, 3.05) is 21.3 Å². The highest BCUT2D eigenvalue weighted by Gasteiger charge is 2.40. The normalized spacial score (nSPS) is 10.7. The van der Waals surface area contributed by atoms with Crippen LogP contribution in [0.1, 0.15) is 0 Å². The Morgan fingerprint density at radius 3 is 2.11 bits per heavy atom. The van der Waals surface area contributed by atoms with E-state index in [2.05, 4.69) is 10.0 Å². The van der Waals surface area contributed by atoms with Crippen LogP contribution in [-0.2, 0) is 13.3 Å². The number of carbonyl (C=O) groups excluding carboxylic acids is 1. The van der Waals surface area contributed by atoms with E-state index in [1.54, 1.807) is 12.1 Å². The molecule has 0 N–H and O–H groups in total. The van der Waals surface area contributed by atoms with Gasteiger partial charge in [-0.3, -0.25) is 0 Å². The number of hydrogen-bond acceptors (Lipinski definition) is 5. The molecule has 1 aromatic rings. The lowest BCUT2D eigenvalue weighted by Gasteiger charge is -2.24. The van der Waals surface area contributed by atoms with Gasteiger partial charge in [0.05, 0.1) is 0 Å². The summed E-state index contributed by atoms with van der Waals surface area (Å²) in [6.45, 7) is 0. The standard InChI is InChI=1S/C10H13N3O5Si/c1-15-19(16-2,17-3)9-6-4-8(5-7-9)18-10(14)12-13-11/h4-7H,1-3H3. The molecule has 0 aliphatic rings. The van der Waals surface area contributed by atoms with Crippen LogP contribution < -0.4 is 9.92 Å². The van der Waals surface area contributed by atoms with Crippen molar-refractivity contribution in [2.24, 2.45) is 5.11 Å². The third-order valence-corrected chi connectivity index (χ3v) is 5.00. The first-order chi connectivity index (χ1) is 9.11. The van der Waals surface area contributed by atoms with E-state index in [4.69, 9.17) is 23.5 Å². The molecule has 0 bridgehead atoms. The number of hydrogen-bond donors (Lipinski definition) is 0. The molecule has 0 aliphatic heterocycles.